The molecule has 2 aromatic carbocycles. The third kappa shape index (κ3) is 6.04. The largest absolute Gasteiger partial charge is 0.383 e. The molecule has 0 saturated carbocycles. The number of hydrogen-bond acceptors (Lipinski definition) is 6. The lowest BCUT2D eigenvalue weighted by atomic mass is 10.3. The van der Waals surface area contributed by atoms with Crippen LogP contribution in [0.1, 0.15) is 12.8 Å². The van der Waals surface area contributed by atoms with E-state index in [1.54, 1.807) is 37.1 Å². The zero-order valence-electron chi connectivity index (χ0n) is 16.9. The van der Waals surface area contributed by atoms with Crippen LogP contribution in [-0.4, -0.2) is 44.6 Å². The maximum absolute atomic E-state index is 12.4. The van der Waals surface area contributed by atoms with Crippen LogP contribution in [0.5, 0.6) is 0 Å². The number of carbonyl (C=O) groups excluding carboxylic acids is 1. The van der Waals surface area contributed by atoms with Gasteiger partial charge in [0, 0.05) is 31.2 Å². The van der Waals surface area contributed by atoms with E-state index >= 15 is 0 Å². The van der Waals surface area contributed by atoms with Crippen molar-refractivity contribution in [1.82, 2.24) is 4.57 Å². The summed E-state index contributed by atoms with van der Waals surface area (Å²) in [5.41, 5.74) is 0.843. The number of carbonyl (C=O) groups is 1. The fraction of sp³-hybridized carbons (Fsp3) is 0.333. The molecule has 160 valence electrons. The van der Waals surface area contributed by atoms with Crippen LogP contribution in [0.4, 0.5) is 0 Å². The number of sulfone groups is 1. The van der Waals surface area contributed by atoms with E-state index in [0.29, 0.717) is 24.4 Å². The third-order valence-corrected chi connectivity index (χ3v) is 7.62. The number of fused-ring (bicyclic) bond motifs is 1. The van der Waals surface area contributed by atoms with Gasteiger partial charge in [-0.1, -0.05) is 29.5 Å². The highest BCUT2D eigenvalue weighted by atomic mass is 32.2. The first-order valence-electron chi connectivity index (χ1n) is 9.46. The van der Waals surface area contributed by atoms with Gasteiger partial charge in [0.15, 0.2) is 14.6 Å². The average Bonchev–Trinajstić information content (AvgIpc) is 3.06. The first kappa shape index (κ1) is 22.7. The smallest absolute Gasteiger partial charge is 0.248 e. The van der Waals surface area contributed by atoms with Crippen molar-refractivity contribution in [3.05, 3.63) is 53.3 Å². The number of thioether (sulfide) groups is 1. The zero-order valence-corrected chi connectivity index (χ0v) is 19.4. The van der Waals surface area contributed by atoms with E-state index < -0.39 is 9.84 Å². The number of ether oxygens (including phenoxy) is 1. The first-order chi connectivity index (χ1) is 14.4. The summed E-state index contributed by atoms with van der Waals surface area (Å²) in [5, 5.41) is 0. The lowest BCUT2D eigenvalue weighted by molar-refractivity contribution is -0.118. The molecule has 1 amide bonds. The predicted molar refractivity (Wildman–Crippen MR) is 122 cm³/mol. The molecule has 30 heavy (non-hydrogen) atoms. The topological polar surface area (TPSA) is 77.7 Å². The number of methoxy groups -OCH3 is 1. The SMILES string of the molecule is COCCn1c(=NC(=O)CCCSc2ccccc2)sc2cc(S(C)(=O)=O)ccc21. The predicted octanol–water partition coefficient (Wildman–Crippen LogP) is 3.75. The lowest BCUT2D eigenvalue weighted by Gasteiger charge is -2.05. The summed E-state index contributed by atoms with van der Waals surface area (Å²) in [4.78, 5) is 18.8. The molecule has 0 bridgehead atoms. The molecule has 0 spiro atoms. The Morgan fingerprint density at radius 1 is 1.20 bits per heavy atom. The second-order valence-electron chi connectivity index (χ2n) is 6.70. The highest BCUT2D eigenvalue weighted by molar-refractivity contribution is 7.99. The number of nitrogens with zero attached hydrogens (tertiary/aromatic N) is 2. The Hall–Kier alpha value is -1.94. The molecule has 0 N–H and O–H groups in total. The molecule has 0 atom stereocenters. The maximum Gasteiger partial charge on any atom is 0.248 e. The summed E-state index contributed by atoms with van der Waals surface area (Å²) in [6.45, 7) is 0.999. The van der Waals surface area contributed by atoms with E-state index in [1.807, 2.05) is 22.8 Å². The summed E-state index contributed by atoms with van der Waals surface area (Å²) < 4.78 is 31.6. The molecule has 0 radical (unpaired) electrons. The Morgan fingerprint density at radius 2 is 1.97 bits per heavy atom. The summed E-state index contributed by atoms with van der Waals surface area (Å²) in [7, 11) is -1.69. The first-order valence-corrected chi connectivity index (χ1v) is 13.2. The second-order valence-corrected chi connectivity index (χ2v) is 10.9. The average molecular weight is 465 g/mol. The van der Waals surface area contributed by atoms with Crippen LogP contribution in [-0.2, 0) is 25.9 Å². The molecule has 0 aliphatic heterocycles. The lowest BCUT2D eigenvalue weighted by Crippen LogP contribution is -2.19. The summed E-state index contributed by atoms with van der Waals surface area (Å²) in [6, 6.07) is 15.1. The number of rotatable bonds is 9. The zero-order chi connectivity index (χ0) is 21.6. The highest BCUT2D eigenvalue weighted by Gasteiger charge is 2.13. The molecule has 0 aliphatic rings. The Morgan fingerprint density at radius 3 is 2.67 bits per heavy atom. The van der Waals surface area contributed by atoms with Crippen LogP contribution >= 0.6 is 23.1 Å². The Bertz CT molecular complexity index is 1180. The third-order valence-electron chi connectivity index (χ3n) is 4.37. The van der Waals surface area contributed by atoms with Gasteiger partial charge in [0.05, 0.1) is 21.7 Å². The molecule has 0 unspecified atom stereocenters. The van der Waals surface area contributed by atoms with E-state index in [-0.39, 0.29) is 10.8 Å². The summed E-state index contributed by atoms with van der Waals surface area (Å²) in [6.07, 6.45) is 2.29. The minimum absolute atomic E-state index is 0.176. The van der Waals surface area contributed by atoms with Gasteiger partial charge in [0.2, 0.25) is 5.91 Å². The molecule has 3 aromatic rings. The second kappa shape index (κ2) is 10.4. The van der Waals surface area contributed by atoms with E-state index in [0.717, 1.165) is 22.4 Å². The van der Waals surface area contributed by atoms with Crippen LogP contribution in [0, 0.1) is 0 Å². The van der Waals surface area contributed by atoms with Crippen LogP contribution in [0.2, 0.25) is 0 Å². The van der Waals surface area contributed by atoms with Crippen molar-refractivity contribution in [3.8, 4) is 0 Å². The normalized spacial score (nSPS) is 12.5. The van der Waals surface area contributed by atoms with E-state index in [9.17, 15) is 13.2 Å². The van der Waals surface area contributed by atoms with E-state index in [1.165, 1.54) is 22.5 Å². The van der Waals surface area contributed by atoms with E-state index in [2.05, 4.69) is 17.1 Å². The molecule has 0 aliphatic carbocycles. The van der Waals surface area contributed by atoms with Crippen molar-refractivity contribution in [1.29, 1.82) is 0 Å². The van der Waals surface area contributed by atoms with Crippen LogP contribution in [0.15, 0.2) is 63.3 Å². The molecular weight excluding hydrogens is 440 g/mol. The minimum Gasteiger partial charge on any atom is -0.383 e. The van der Waals surface area contributed by atoms with Crippen molar-refractivity contribution in [3.63, 3.8) is 0 Å². The van der Waals surface area contributed by atoms with Gasteiger partial charge in [-0.2, -0.15) is 4.99 Å². The van der Waals surface area contributed by atoms with Crippen molar-refractivity contribution in [2.24, 2.45) is 4.99 Å². The quantitative estimate of drug-likeness (QED) is 0.356. The summed E-state index contributed by atoms with van der Waals surface area (Å²) in [5.74, 6) is 0.670. The van der Waals surface area contributed by atoms with Crippen molar-refractivity contribution < 1.29 is 17.9 Å². The monoisotopic (exact) mass is 464 g/mol. The van der Waals surface area contributed by atoms with Gasteiger partial charge in [0.25, 0.3) is 0 Å². The molecular formula is C21H24N2O4S3. The Kier molecular flexibility index (Phi) is 7.87. The van der Waals surface area contributed by atoms with Crippen molar-refractivity contribution >= 4 is 49.1 Å². The van der Waals surface area contributed by atoms with Gasteiger partial charge >= 0.3 is 0 Å². The van der Waals surface area contributed by atoms with Crippen LogP contribution in [0.3, 0.4) is 0 Å². The summed E-state index contributed by atoms with van der Waals surface area (Å²) >= 11 is 3.04. The minimum atomic E-state index is -3.30. The van der Waals surface area contributed by atoms with Gasteiger partial charge in [-0.3, -0.25) is 4.79 Å². The van der Waals surface area contributed by atoms with Crippen LogP contribution in [0.25, 0.3) is 10.2 Å². The van der Waals surface area contributed by atoms with E-state index in [4.69, 9.17) is 4.74 Å². The molecule has 1 heterocycles. The molecule has 0 fully saturated rings. The maximum atomic E-state index is 12.4. The Balaban J connectivity index is 1.78. The number of aromatic nitrogens is 1. The van der Waals surface area contributed by atoms with Gasteiger partial charge in [-0.05, 0) is 42.5 Å². The fourth-order valence-corrected chi connectivity index (χ4v) is 5.57. The molecule has 6 nitrogen and oxygen atoms in total. The van der Waals surface area contributed by atoms with Gasteiger partial charge in [-0.25, -0.2) is 8.42 Å². The van der Waals surface area contributed by atoms with Crippen molar-refractivity contribution in [2.45, 2.75) is 29.2 Å². The fourth-order valence-electron chi connectivity index (χ4n) is 2.86. The van der Waals surface area contributed by atoms with Gasteiger partial charge in [0.1, 0.15) is 0 Å². The molecule has 1 aromatic heterocycles. The van der Waals surface area contributed by atoms with Gasteiger partial charge in [-0.15, -0.1) is 11.8 Å². The number of benzene rings is 2. The highest BCUT2D eigenvalue weighted by Crippen LogP contribution is 2.22. The number of thiazole rings is 1. The molecule has 9 heteroatoms. The van der Waals surface area contributed by atoms with Crippen molar-refractivity contribution in [2.75, 3.05) is 25.7 Å². The Labute approximate surface area is 184 Å². The molecule has 3 rings (SSSR count). The number of hydrogen-bond donors (Lipinski definition) is 0. The number of amides is 1. The van der Waals surface area contributed by atoms with Gasteiger partial charge < -0.3 is 9.30 Å². The molecule has 0 saturated heterocycles. The van der Waals surface area contributed by atoms with Crippen LogP contribution < -0.4 is 4.80 Å². The standard InChI is InChI=1S/C21H24N2O4S3/c1-27-13-12-23-18-11-10-17(30(2,25)26)15-19(18)29-21(23)22-20(24)9-6-14-28-16-7-4-3-5-8-16/h3-5,7-8,10-11,15H,6,9,12-14H2,1-2H3.